The maximum Gasteiger partial charge on any atom is 0.275 e. The molecule has 2 aromatic rings. The average Bonchev–Trinajstić information content (AvgIpc) is 3.09. The van der Waals surface area contributed by atoms with Gasteiger partial charge in [0, 0.05) is 26.2 Å². The van der Waals surface area contributed by atoms with Crippen molar-refractivity contribution in [1.29, 1.82) is 0 Å². The fourth-order valence-corrected chi connectivity index (χ4v) is 4.24. The van der Waals surface area contributed by atoms with Crippen molar-refractivity contribution in [2.75, 3.05) is 26.2 Å². The molecule has 1 aliphatic heterocycles. The molecular formula is C14H16N4O3S2. The Bertz CT molecular complexity index is 780. The molecule has 0 unspecified atom stereocenters. The van der Waals surface area contributed by atoms with E-state index in [1.54, 1.807) is 29.2 Å². The van der Waals surface area contributed by atoms with Crippen molar-refractivity contribution in [3.05, 3.63) is 41.7 Å². The van der Waals surface area contributed by atoms with E-state index in [2.05, 4.69) is 8.75 Å². The molecule has 7 nitrogen and oxygen atoms in total. The summed E-state index contributed by atoms with van der Waals surface area (Å²) < 4.78 is 34.4. The van der Waals surface area contributed by atoms with E-state index in [0.717, 1.165) is 17.3 Å². The summed E-state index contributed by atoms with van der Waals surface area (Å²) in [6.07, 6.45) is 1.43. The number of piperazine rings is 1. The molecule has 1 fully saturated rings. The number of rotatable bonds is 3. The van der Waals surface area contributed by atoms with Crippen molar-refractivity contribution < 1.29 is 13.2 Å². The zero-order valence-electron chi connectivity index (χ0n) is 12.5. The van der Waals surface area contributed by atoms with Gasteiger partial charge in [0.2, 0.25) is 10.0 Å². The predicted octanol–water partition coefficient (Wildman–Crippen LogP) is 0.993. The smallest absolute Gasteiger partial charge is 0.275 e. The highest BCUT2D eigenvalue weighted by molar-refractivity contribution is 7.89. The van der Waals surface area contributed by atoms with Crippen molar-refractivity contribution in [1.82, 2.24) is 18.0 Å². The van der Waals surface area contributed by atoms with Crippen LogP contribution in [0.15, 0.2) is 35.4 Å². The first-order valence-corrected chi connectivity index (χ1v) is 9.29. The van der Waals surface area contributed by atoms with Crippen LogP contribution in [0.5, 0.6) is 0 Å². The van der Waals surface area contributed by atoms with E-state index in [-0.39, 0.29) is 23.9 Å². The number of hydrogen-bond acceptors (Lipinski definition) is 6. The molecule has 1 saturated heterocycles. The maximum atomic E-state index is 12.6. The van der Waals surface area contributed by atoms with Crippen molar-refractivity contribution in [2.45, 2.75) is 11.8 Å². The monoisotopic (exact) mass is 352 g/mol. The Labute approximate surface area is 138 Å². The lowest BCUT2D eigenvalue weighted by molar-refractivity contribution is 0.0693. The van der Waals surface area contributed by atoms with Crippen LogP contribution in [0.1, 0.15) is 16.1 Å². The van der Waals surface area contributed by atoms with Gasteiger partial charge in [-0.3, -0.25) is 4.79 Å². The van der Waals surface area contributed by atoms with Crippen molar-refractivity contribution in [2.24, 2.45) is 0 Å². The lowest BCUT2D eigenvalue weighted by atomic mass is 10.2. The minimum atomic E-state index is -3.51. The Morgan fingerprint density at radius 1 is 1.13 bits per heavy atom. The van der Waals surface area contributed by atoms with E-state index in [4.69, 9.17) is 0 Å². The standard InChI is InChI=1S/C14H16N4O3S2/c1-11-2-4-12(5-3-11)23(20,21)18-8-6-17(7-9-18)14(19)13-10-15-22-16-13/h2-5,10H,6-9H2,1H3. The van der Waals surface area contributed by atoms with Crippen molar-refractivity contribution in [3.63, 3.8) is 0 Å². The predicted molar refractivity (Wildman–Crippen MR) is 85.8 cm³/mol. The summed E-state index contributed by atoms with van der Waals surface area (Å²) in [5.74, 6) is -0.203. The highest BCUT2D eigenvalue weighted by atomic mass is 32.2. The van der Waals surface area contributed by atoms with E-state index in [1.807, 2.05) is 6.92 Å². The molecule has 0 saturated carbocycles. The minimum Gasteiger partial charge on any atom is -0.335 e. The van der Waals surface area contributed by atoms with E-state index in [1.165, 1.54) is 10.5 Å². The number of aromatic nitrogens is 2. The van der Waals surface area contributed by atoms with Crippen LogP contribution in [0.3, 0.4) is 0 Å². The quantitative estimate of drug-likeness (QED) is 0.823. The van der Waals surface area contributed by atoms with Gasteiger partial charge in [0.15, 0.2) is 5.69 Å². The summed E-state index contributed by atoms with van der Waals surface area (Å²) in [6.45, 7) is 3.16. The molecule has 122 valence electrons. The number of nitrogens with zero attached hydrogens (tertiary/aromatic N) is 4. The number of benzene rings is 1. The number of sulfonamides is 1. The van der Waals surface area contributed by atoms with Gasteiger partial charge in [-0.1, -0.05) is 17.7 Å². The number of hydrogen-bond donors (Lipinski definition) is 0. The van der Waals surface area contributed by atoms with Crippen molar-refractivity contribution in [3.8, 4) is 0 Å². The first-order chi connectivity index (χ1) is 11.0. The SMILES string of the molecule is Cc1ccc(S(=O)(=O)N2CCN(C(=O)c3cnsn3)CC2)cc1. The highest BCUT2D eigenvalue weighted by Crippen LogP contribution is 2.18. The van der Waals surface area contributed by atoms with Gasteiger partial charge >= 0.3 is 0 Å². The van der Waals surface area contributed by atoms with Crippen LogP contribution in [0, 0.1) is 6.92 Å². The Kier molecular flexibility index (Phi) is 4.42. The molecule has 0 N–H and O–H groups in total. The maximum absolute atomic E-state index is 12.6. The second kappa shape index (κ2) is 6.34. The molecule has 3 rings (SSSR count). The van der Waals surface area contributed by atoms with Gasteiger partial charge in [-0.05, 0) is 19.1 Å². The summed E-state index contributed by atoms with van der Waals surface area (Å²) in [4.78, 5) is 14.1. The Morgan fingerprint density at radius 3 is 2.35 bits per heavy atom. The fourth-order valence-electron chi connectivity index (χ4n) is 2.41. The molecule has 0 atom stereocenters. The van der Waals surface area contributed by atoms with E-state index in [9.17, 15) is 13.2 Å². The zero-order valence-corrected chi connectivity index (χ0v) is 14.2. The lowest BCUT2D eigenvalue weighted by Crippen LogP contribution is -2.50. The largest absolute Gasteiger partial charge is 0.335 e. The van der Waals surface area contributed by atoms with Gasteiger partial charge in [-0.15, -0.1) is 0 Å². The van der Waals surface area contributed by atoms with Crippen LogP contribution in [-0.4, -0.2) is 58.5 Å². The van der Waals surface area contributed by atoms with Gasteiger partial charge in [-0.25, -0.2) is 8.42 Å². The summed E-state index contributed by atoms with van der Waals surface area (Å²) >= 11 is 0.981. The Balaban J connectivity index is 1.69. The number of aryl methyl sites for hydroxylation is 1. The van der Waals surface area contributed by atoms with Gasteiger partial charge in [0.1, 0.15) is 0 Å². The van der Waals surface area contributed by atoms with E-state index < -0.39 is 10.0 Å². The van der Waals surface area contributed by atoms with Crippen LogP contribution >= 0.6 is 11.7 Å². The summed E-state index contributed by atoms with van der Waals surface area (Å²) in [5.41, 5.74) is 1.32. The fraction of sp³-hybridized carbons (Fsp3) is 0.357. The van der Waals surface area contributed by atoms with Crippen LogP contribution in [0.25, 0.3) is 0 Å². The van der Waals surface area contributed by atoms with Crippen LogP contribution in [-0.2, 0) is 10.0 Å². The van der Waals surface area contributed by atoms with Crippen LogP contribution < -0.4 is 0 Å². The third-order valence-electron chi connectivity index (χ3n) is 3.77. The average molecular weight is 352 g/mol. The molecule has 23 heavy (non-hydrogen) atoms. The summed E-state index contributed by atoms with van der Waals surface area (Å²) in [7, 11) is -3.51. The number of carbonyl (C=O) groups excluding carboxylic acids is 1. The summed E-state index contributed by atoms with van der Waals surface area (Å²) in [5, 5.41) is 0. The molecule has 0 bridgehead atoms. The zero-order chi connectivity index (χ0) is 16.4. The molecular weight excluding hydrogens is 336 g/mol. The summed E-state index contributed by atoms with van der Waals surface area (Å²) in [6, 6.07) is 6.79. The molecule has 1 aliphatic rings. The second-order valence-corrected chi connectivity index (χ2v) is 7.80. The molecule has 9 heteroatoms. The van der Waals surface area contributed by atoms with Crippen molar-refractivity contribution >= 4 is 27.7 Å². The Morgan fingerprint density at radius 2 is 1.78 bits per heavy atom. The number of amides is 1. The topological polar surface area (TPSA) is 83.5 Å². The van der Waals surface area contributed by atoms with E-state index >= 15 is 0 Å². The molecule has 0 aliphatic carbocycles. The molecule has 1 aromatic heterocycles. The van der Waals surface area contributed by atoms with Crippen LogP contribution in [0.4, 0.5) is 0 Å². The second-order valence-electron chi connectivity index (χ2n) is 5.30. The van der Waals surface area contributed by atoms with Crippen LogP contribution in [0.2, 0.25) is 0 Å². The molecule has 0 spiro atoms. The lowest BCUT2D eigenvalue weighted by Gasteiger charge is -2.33. The third kappa shape index (κ3) is 3.26. The number of carbonyl (C=O) groups is 1. The third-order valence-corrected chi connectivity index (χ3v) is 6.16. The van der Waals surface area contributed by atoms with E-state index in [0.29, 0.717) is 18.8 Å². The van der Waals surface area contributed by atoms with Gasteiger partial charge in [0.25, 0.3) is 5.91 Å². The first-order valence-electron chi connectivity index (χ1n) is 7.12. The van der Waals surface area contributed by atoms with Gasteiger partial charge in [0.05, 0.1) is 22.8 Å². The Hall–Kier alpha value is -1.84. The highest BCUT2D eigenvalue weighted by Gasteiger charge is 2.30. The molecule has 1 amide bonds. The first kappa shape index (κ1) is 16.0. The normalized spacial score (nSPS) is 16.5. The molecule has 0 radical (unpaired) electrons. The van der Waals surface area contributed by atoms with Gasteiger partial charge in [-0.2, -0.15) is 13.1 Å². The molecule has 1 aromatic carbocycles. The minimum absolute atomic E-state index is 0.203. The van der Waals surface area contributed by atoms with Gasteiger partial charge < -0.3 is 4.90 Å². The molecule has 2 heterocycles.